The van der Waals surface area contributed by atoms with Gasteiger partial charge in [-0.3, -0.25) is 0 Å². The fraction of sp³-hybridized carbons (Fsp3) is 0.167. The van der Waals surface area contributed by atoms with Gasteiger partial charge in [0.25, 0.3) is 9.84 Å². The first-order chi connectivity index (χ1) is 28.1. The number of sulfone groups is 1. The summed E-state index contributed by atoms with van der Waals surface area (Å²) in [6.07, 6.45) is 0. The summed E-state index contributed by atoms with van der Waals surface area (Å²) in [6, 6.07) is 32.6. The van der Waals surface area contributed by atoms with Crippen LogP contribution in [0.3, 0.4) is 0 Å². The molecule has 0 aliphatic carbocycles. The lowest BCUT2D eigenvalue weighted by molar-refractivity contribution is -0.0435. The van der Waals surface area contributed by atoms with Crippen molar-refractivity contribution in [2.24, 2.45) is 7.05 Å². The molecule has 1 saturated heterocycles. The number of aromatic nitrogens is 1. The number of hydrogen-bond donors (Lipinski definition) is 3. The first-order valence-electron chi connectivity index (χ1n) is 18.1. The van der Waals surface area contributed by atoms with E-state index in [4.69, 9.17) is 0 Å². The zero-order valence-corrected chi connectivity index (χ0v) is 34.0. The van der Waals surface area contributed by atoms with E-state index in [2.05, 4.69) is 19.2 Å². The highest BCUT2D eigenvalue weighted by Gasteiger charge is 2.48. The molecule has 6 aromatic rings. The van der Waals surface area contributed by atoms with Crippen LogP contribution in [0.1, 0.15) is 16.1 Å². The molecule has 2 heterocycles. The Morgan fingerprint density at radius 1 is 0.814 bits per heavy atom. The van der Waals surface area contributed by atoms with E-state index in [0.717, 1.165) is 41.0 Å². The number of hydrogen-bond acceptors (Lipinski definition) is 9. The second-order valence-electron chi connectivity index (χ2n) is 13.6. The molecule has 7 rings (SSSR count). The number of rotatable bonds is 12. The number of aromatic carboxylic acids is 1. The number of carboxylic acid groups (broad SMARTS) is 1. The molecule has 0 radical (unpaired) electrons. The first kappa shape index (κ1) is 41.5. The van der Waals surface area contributed by atoms with E-state index in [1.807, 2.05) is 41.0 Å². The molecule has 1 aliphatic rings. The number of carboxylic acids is 1. The van der Waals surface area contributed by atoms with Crippen LogP contribution in [0.4, 0.5) is 40.3 Å². The third-order valence-corrected chi connectivity index (χ3v) is 13.5. The van der Waals surface area contributed by atoms with Gasteiger partial charge in [-0.1, -0.05) is 30.3 Å². The minimum absolute atomic E-state index is 0.166. The number of nitrogens with one attached hydrogen (secondary N) is 2. The van der Waals surface area contributed by atoms with Crippen molar-refractivity contribution in [1.82, 2.24) is 4.57 Å². The fourth-order valence-electron chi connectivity index (χ4n) is 6.93. The molecule has 1 fully saturated rings. The van der Waals surface area contributed by atoms with Gasteiger partial charge in [-0.15, -0.1) is 0 Å². The summed E-state index contributed by atoms with van der Waals surface area (Å²) in [4.78, 5) is 16.4. The van der Waals surface area contributed by atoms with Gasteiger partial charge < -0.3 is 28.7 Å². The number of piperazine rings is 1. The molecule has 0 saturated carbocycles. The van der Waals surface area contributed by atoms with Gasteiger partial charge in [0.15, 0.2) is 4.90 Å². The third kappa shape index (κ3) is 8.73. The van der Waals surface area contributed by atoms with Crippen LogP contribution in [0, 0.1) is 12.7 Å². The molecule has 1 unspecified atom stereocenters. The fourth-order valence-corrected chi connectivity index (χ4v) is 9.59. The van der Waals surface area contributed by atoms with E-state index in [-0.39, 0.29) is 22.0 Å². The Morgan fingerprint density at radius 3 is 2.08 bits per heavy atom. The summed E-state index contributed by atoms with van der Waals surface area (Å²) in [6.45, 7) is 4.34. The molecule has 1 aromatic heterocycles. The van der Waals surface area contributed by atoms with Crippen molar-refractivity contribution >= 4 is 61.9 Å². The van der Waals surface area contributed by atoms with Gasteiger partial charge in [0.05, 0.1) is 22.6 Å². The standard InChI is InChI=1S/C42H37F4N5O5S3/c1-27-38(41(52)53)39(40(49(27)2)28-11-13-30(43)14-12-28)29-7-6-8-33(25-29)51-23-21-50(22-24-51)32-17-15-31(16-18-32)48-58(54)35-19-20-36(47-57-34-9-4-3-5-10-34)37(26-35)59(55,56)42(44,45)46/h3-20,25-26,47-48H,21-24H2,1-2H3,(H,52,53). The second-order valence-corrected chi connectivity index (χ2v) is 17.6. The maximum absolute atomic E-state index is 13.8. The van der Waals surface area contributed by atoms with Crippen LogP contribution in [0.5, 0.6) is 0 Å². The number of benzene rings is 5. The van der Waals surface area contributed by atoms with Gasteiger partial charge in [-0.05, 0) is 115 Å². The Balaban J connectivity index is 1.03. The number of nitrogens with zero attached hydrogens (tertiary/aromatic N) is 3. The largest absolute Gasteiger partial charge is 0.588 e. The van der Waals surface area contributed by atoms with E-state index in [1.54, 1.807) is 68.6 Å². The van der Waals surface area contributed by atoms with E-state index < -0.39 is 37.6 Å². The molecule has 1 atom stereocenters. The number of anilines is 4. The highest BCUT2D eigenvalue weighted by molar-refractivity contribution is 8.00. The van der Waals surface area contributed by atoms with Crippen molar-refractivity contribution in [2.75, 3.05) is 45.4 Å². The smallest absolute Gasteiger partial charge is 0.501 e. The SMILES string of the molecule is Cc1c(C(=O)O)c(-c2cccc(N3CCN(c4ccc(N[S+]([O-])c5ccc(NSc6ccccc6)c(S(=O)(=O)C(F)(F)F)c5)cc4)CC3)c2)c(-c2ccc(F)cc2)n1C. The molecule has 1 aliphatic heterocycles. The Morgan fingerprint density at radius 2 is 1.46 bits per heavy atom. The highest BCUT2D eigenvalue weighted by Crippen LogP contribution is 2.41. The highest BCUT2D eigenvalue weighted by atomic mass is 32.2. The summed E-state index contributed by atoms with van der Waals surface area (Å²) in [5.41, 5.74) is -0.288. The zero-order valence-electron chi connectivity index (χ0n) is 31.5. The summed E-state index contributed by atoms with van der Waals surface area (Å²) in [5.74, 6) is -1.45. The summed E-state index contributed by atoms with van der Waals surface area (Å²) in [7, 11) is -4.00. The van der Waals surface area contributed by atoms with Crippen LogP contribution in [0.15, 0.2) is 136 Å². The van der Waals surface area contributed by atoms with E-state index in [9.17, 15) is 40.4 Å². The van der Waals surface area contributed by atoms with Crippen molar-refractivity contribution in [2.45, 2.75) is 27.1 Å². The molecule has 0 spiro atoms. The van der Waals surface area contributed by atoms with Gasteiger partial charge in [-0.25, -0.2) is 22.3 Å². The maximum Gasteiger partial charge on any atom is 0.501 e. The summed E-state index contributed by atoms with van der Waals surface area (Å²) < 4.78 is 101. The Hall–Kier alpha value is -5.62. The molecule has 0 bridgehead atoms. The minimum Gasteiger partial charge on any atom is -0.588 e. The molecule has 3 N–H and O–H groups in total. The normalized spacial score (nSPS) is 13.9. The van der Waals surface area contributed by atoms with Crippen LogP contribution in [-0.2, 0) is 28.2 Å². The van der Waals surface area contributed by atoms with Gasteiger partial charge in [-0.2, -0.15) is 13.2 Å². The molecule has 0 amide bonds. The number of halogens is 4. The van der Waals surface area contributed by atoms with Crippen molar-refractivity contribution in [3.63, 3.8) is 0 Å². The first-order valence-corrected chi connectivity index (χ1v) is 21.6. The number of carbonyl (C=O) groups is 1. The van der Waals surface area contributed by atoms with Gasteiger partial charge in [0.2, 0.25) is 0 Å². The predicted molar refractivity (Wildman–Crippen MR) is 224 cm³/mol. The van der Waals surface area contributed by atoms with Crippen molar-refractivity contribution in [1.29, 1.82) is 0 Å². The monoisotopic (exact) mass is 863 g/mol. The molecule has 17 heteroatoms. The lowest BCUT2D eigenvalue weighted by Gasteiger charge is -2.37. The lowest BCUT2D eigenvalue weighted by atomic mass is 9.96. The summed E-state index contributed by atoms with van der Waals surface area (Å²) >= 11 is -1.17. The summed E-state index contributed by atoms with van der Waals surface area (Å²) in [5, 5.41) is 10.3. The Kier molecular flexibility index (Phi) is 11.9. The molecular formula is C42H37F4N5O5S3. The van der Waals surface area contributed by atoms with Gasteiger partial charge in [0, 0.05) is 66.8 Å². The topological polar surface area (TPSA) is 130 Å². The Bertz CT molecular complexity index is 2580. The van der Waals surface area contributed by atoms with E-state index >= 15 is 0 Å². The van der Waals surface area contributed by atoms with Crippen LogP contribution in [0.2, 0.25) is 0 Å². The molecule has 59 heavy (non-hydrogen) atoms. The average Bonchev–Trinajstić information content (AvgIpc) is 3.50. The van der Waals surface area contributed by atoms with Crippen LogP contribution >= 0.6 is 11.9 Å². The van der Waals surface area contributed by atoms with E-state index in [1.165, 1.54) is 18.2 Å². The van der Waals surface area contributed by atoms with Crippen LogP contribution in [0.25, 0.3) is 22.4 Å². The quantitative estimate of drug-likeness (QED) is 0.0622. The minimum atomic E-state index is -5.79. The predicted octanol–water partition coefficient (Wildman–Crippen LogP) is 9.38. The van der Waals surface area contributed by atoms with Crippen molar-refractivity contribution in [3.05, 3.63) is 138 Å². The maximum atomic E-state index is 13.8. The molecule has 5 aromatic carbocycles. The number of alkyl halides is 3. The molecule has 306 valence electrons. The van der Waals surface area contributed by atoms with Gasteiger partial charge >= 0.3 is 11.5 Å². The van der Waals surface area contributed by atoms with Gasteiger partial charge in [0.1, 0.15) is 22.1 Å². The van der Waals surface area contributed by atoms with Crippen LogP contribution < -0.4 is 19.2 Å². The van der Waals surface area contributed by atoms with Crippen molar-refractivity contribution in [3.8, 4) is 22.4 Å². The second kappa shape index (κ2) is 16.9. The molecular weight excluding hydrogens is 827 g/mol. The van der Waals surface area contributed by atoms with Crippen LogP contribution in [-0.4, -0.2) is 60.3 Å². The molecule has 10 nitrogen and oxygen atoms in total. The van der Waals surface area contributed by atoms with Crippen molar-refractivity contribution < 1.29 is 40.4 Å². The Labute approximate surface area is 345 Å². The third-order valence-electron chi connectivity index (χ3n) is 10.0. The lowest BCUT2D eigenvalue weighted by Crippen LogP contribution is -2.46. The zero-order chi connectivity index (χ0) is 42.1. The average molecular weight is 864 g/mol. The van der Waals surface area contributed by atoms with E-state index in [0.29, 0.717) is 59.3 Å².